The highest BCUT2D eigenvalue weighted by Crippen LogP contribution is 2.43. The monoisotopic (exact) mass is 461 g/mol. The van der Waals surface area contributed by atoms with Gasteiger partial charge in [0, 0.05) is 50.4 Å². The van der Waals surface area contributed by atoms with Crippen molar-refractivity contribution in [3.05, 3.63) is 59.6 Å². The number of benzene rings is 1. The Morgan fingerprint density at radius 1 is 1.29 bits per heavy atom. The number of hydrogen-bond acceptors (Lipinski definition) is 7. The van der Waals surface area contributed by atoms with E-state index in [1.807, 2.05) is 6.07 Å². The van der Waals surface area contributed by atoms with E-state index in [0.29, 0.717) is 66.7 Å². The number of carbonyl (C=O) groups excluding carboxylic acids is 1. The number of rotatable bonds is 5. The lowest BCUT2D eigenvalue weighted by Crippen LogP contribution is -2.48. The first kappa shape index (κ1) is 21.7. The highest BCUT2D eigenvalue weighted by molar-refractivity contribution is 6.16. The Morgan fingerprint density at radius 3 is 2.82 bits per heavy atom. The first-order chi connectivity index (χ1) is 16.5. The zero-order chi connectivity index (χ0) is 23.8. The number of carbonyl (C=O) groups is 2. The second-order valence-electron chi connectivity index (χ2n) is 8.12. The van der Waals surface area contributed by atoms with E-state index in [0.717, 1.165) is 11.0 Å². The van der Waals surface area contributed by atoms with Crippen LogP contribution >= 0.6 is 0 Å². The number of nitrogens with one attached hydrogen (secondary N) is 1. The lowest BCUT2D eigenvalue weighted by molar-refractivity contribution is 0.101. The Bertz CT molecular complexity index is 1340. The summed E-state index contributed by atoms with van der Waals surface area (Å²) in [6, 6.07) is 7.09. The average Bonchev–Trinajstić information content (AvgIpc) is 3.39. The van der Waals surface area contributed by atoms with Crippen molar-refractivity contribution in [1.29, 1.82) is 0 Å². The van der Waals surface area contributed by atoms with E-state index in [2.05, 4.69) is 26.7 Å². The van der Waals surface area contributed by atoms with Crippen molar-refractivity contribution in [3.8, 4) is 11.5 Å². The molecule has 0 saturated carbocycles. The fourth-order valence-electron chi connectivity index (χ4n) is 4.29. The van der Waals surface area contributed by atoms with Gasteiger partial charge in [-0.3, -0.25) is 14.8 Å². The Labute approximate surface area is 195 Å². The maximum absolute atomic E-state index is 13.1. The van der Waals surface area contributed by atoms with Crippen LogP contribution in [-0.2, 0) is 0 Å². The molecule has 1 fully saturated rings. The highest BCUT2D eigenvalue weighted by Gasteiger charge is 2.33. The molecule has 0 radical (unpaired) electrons. The Kier molecular flexibility index (Phi) is 5.50. The molecular formula is C24H23N5O5. The minimum absolute atomic E-state index is 0.157. The molecule has 34 heavy (non-hydrogen) atoms. The van der Waals surface area contributed by atoms with Gasteiger partial charge in [-0.15, -0.1) is 0 Å². The van der Waals surface area contributed by atoms with Crippen molar-refractivity contribution in [2.75, 3.05) is 39.8 Å². The number of fused-ring (bicyclic) bond motifs is 2. The molecule has 0 aliphatic carbocycles. The number of carboxylic acid groups (broad SMARTS) is 1. The van der Waals surface area contributed by atoms with E-state index in [4.69, 9.17) is 14.6 Å². The topological polar surface area (TPSA) is 121 Å². The van der Waals surface area contributed by atoms with Crippen LogP contribution in [0.2, 0.25) is 0 Å². The summed E-state index contributed by atoms with van der Waals surface area (Å²) in [7, 11) is 1.56. The molecule has 10 nitrogen and oxygen atoms in total. The molecule has 0 atom stereocenters. The fraction of sp³-hybridized carbons (Fsp3) is 0.250. The third kappa shape index (κ3) is 3.77. The van der Waals surface area contributed by atoms with Crippen LogP contribution in [0.5, 0.6) is 11.5 Å². The summed E-state index contributed by atoms with van der Waals surface area (Å²) in [6.07, 6.45) is 2.36. The van der Waals surface area contributed by atoms with E-state index < -0.39 is 6.09 Å². The molecule has 0 unspecified atom stereocenters. The van der Waals surface area contributed by atoms with Crippen LogP contribution in [0.25, 0.3) is 22.7 Å². The molecule has 2 aliphatic rings. The average molecular weight is 461 g/mol. The summed E-state index contributed by atoms with van der Waals surface area (Å²) in [4.78, 5) is 32.0. The minimum atomic E-state index is -0.910. The van der Waals surface area contributed by atoms with Gasteiger partial charge in [0.05, 0.1) is 23.9 Å². The number of allylic oxidation sites excluding steroid dienone is 1. The van der Waals surface area contributed by atoms with Gasteiger partial charge in [-0.2, -0.15) is 5.10 Å². The summed E-state index contributed by atoms with van der Waals surface area (Å²) < 4.78 is 11.6. The zero-order valence-corrected chi connectivity index (χ0v) is 18.6. The summed E-state index contributed by atoms with van der Waals surface area (Å²) in [5.74, 6) is 0.866. The number of pyridine rings is 1. The van der Waals surface area contributed by atoms with Crippen molar-refractivity contribution in [1.82, 2.24) is 25.0 Å². The van der Waals surface area contributed by atoms with Crippen LogP contribution in [-0.4, -0.2) is 81.8 Å². The molecule has 1 amide bonds. The number of aromatic nitrogens is 3. The lowest BCUT2D eigenvalue weighted by Gasteiger charge is -2.33. The maximum atomic E-state index is 13.1. The normalized spacial score (nSPS) is 17.1. The molecule has 4 heterocycles. The SMILES string of the molecule is C=C(CN1CCN(C(=O)O)CC1)c1c(OC)ccc2c1O/C(=C\c1n[nH]c3ncccc13)C2=O. The summed E-state index contributed by atoms with van der Waals surface area (Å²) in [5.41, 5.74) is 2.96. The van der Waals surface area contributed by atoms with Crippen molar-refractivity contribution in [2.45, 2.75) is 0 Å². The van der Waals surface area contributed by atoms with Gasteiger partial charge in [-0.25, -0.2) is 9.78 Å². The number of hydrogen-bond donors (Lipinski definition) is 2. The number of methoxy groups -OCH3 is 1. The van der Waals surface area contributed by atoms with Gasteiger partial charge in [0.1, 0.15) is 11.5 Å². The molecule has 174 valence electrons. The van der Waals surface area contributed by atoms with Crippen LogP contribution < -0.4 is 9.47 Å². The molecule has 2 aliphatic heterocycles. The largest absolute Gasteiger partial charge is 0.496 e. The number of aromatic amines is 1. The standard InChI is InChI=1S/C24H23N5O5/c1-14(13-28-8-10-29(11-9-28)24(31)32)20-18(33-2)6-5-16-21(30)19(34-22(16)20)12-17-15-4-3-7-25-23(15)27-26-17/h3-7,12H,1,8-11,13H2,2H3,(H,31,32)(H,25,26,27)/b19-12-. The molecule has 0 spiro atoms. The first-order valence-electron chi connectivity index (χ1n) is 10.8. The van der Waals surface area contributed by atoms with Crippen LogP contribution in [0.4, 0.5) is 4.79 Å². The molecule has 1 aromatic carbocycles. The number of piperazine rings is 1. The molecule has 10 heteroatoms. The summed E-state index contributed by atoms with van der Waals surface area (Å²) >= 11 is 0. The van der Waals surface area contributed by atoms with Gasteiger partial charge >= 0.3 is 6.09 Å². The van der Waals surface area contributed by atoms with E-state index >= 15 is 0 Å². The molecule has 2 N–H and O–H groups in total. The van der Waals surface area contributed by atoms with E-state index in [1.54, 1.807) is 37.6 Å². The van der Waals surface area contributed by atoms with Crippen molar-refractivity contribution in [2.24, 2.45) is 0 Å². The summed E-state index contributed by atoms with van der Waals surface area (Å²) in [6.45, 7) is 6.78. The number of amides is 1. The predicted molar refractivity (Wildman–Crippen MR) is 125 cm³/mol. The lowest BCUT2D eigenvalue weighted by atomic mass is 9.99. The number of ketones is 1. The predicted octanol–water partition coefficient (Wildman–Crippen LogP) is 2.89. The van der Waals surface area contributed by atoms with Gasteiger partial charge in [-0.1, -0.05) is 6.58 Å². The van der Waals surface area contributed by atoms with Crippen LogP contribution in [0.15, 0.2) is 42.8 Å². The minimum Gasteiger partial charge on any atom is -0.496 e. The summed E-state index contributed by atoms with van der Waals surface area (Å²) in [5, 5.41) is 17.1. The Balaban J connectivity index is 1.43. The van der Waals surface area contributed by atoms with Crippen LogP contribution in [0.3, 0.4) is 0 Å². The molecule has 3 aromatic rings. The van der Waals surface area contributed by atoms with Crippen LogP contribution in [0, 0.1) is 0 Å². The number of ether oxygens (including phenoxy) is 2. The quantitative estimate of drug-likeness (QED) is 0.557. The third-order valence-electron chi connectivity index (χ3n) is 6.06. The van der Waals surface area contributed by atoms with Crippen molar-refractivity contribution < 1.29 is 24.2 Å². The molecular weight excluding hydrogens is 438 g/mol. The van der Waals surface area contributed by atoms with Gasteiger partial charge in [0.25, 0.3) is 0 Å². The van der Waals surface area contributed by atoms with Crippen LogP contribution in [0.1, 0.15) is 21.6 Å². The Morgan fingerprint density at radius 2 is 2.09 bits per heavy atom. The number of Topliss-reactive ketones (excluding diaryl/α,β-unsaturated/α-hetero) is 1. The second-order valence-corrected chi connectivity index (χ2v) is 8.12. The number of H-pyrrole nitrogens is 1. The molecule has 1 saturated heterocycles. The van der Waals surface area contributed by atoms with Gasteiger partial charge < -0.3 is 19.5 Å². The van der Waals surface area contributed by atoms with Gasteiger partial charge in [0.15, 0.2) is 11.4 Å². The van der Waals surface area contributed by atoms with Gasteiger partial charge in [0.2, 0.25) is 5.78 Å². The smallest absolute Gasteiger partial charge is 0.407 e. The highest BCUT2D eigenvalue weighted by atomic mass is 16.5. The third-order valence-corrected chi connectivity index (χ3v) is 6.06. The van der Waals surface area contributed by atoms with Gasteiger partial charge in [-0.05, 0) is 29.8 Å². The fourth-order valence-corrected chi connectivity index (χ4v) is 4.29. The molecule has 5 rings (SSSR count). The van der Waals surface area contributed by atoms with E-state index in [-0.39, 0.29) is 11.5 Å². The molecule has 0 bridgehead atoms. The van der Waals surface area contributed by atoms with E-state index in [1.165, 1.54) is 4.90 Å². The van der Waals surface area contributed by atoms with E-state index in [9.17, 15) is 9.59 Å². The number of nitrogens with zero attached hydrogens (tertiary/aromatic N) is 4. The zero-order valence-electron chi connectivity index (χ0n) is 18.6. The second kappa shape index (κ2) is 8.64. The van der Waals surface area contributed by atoms with Crippen molar-refractivity contribution in [3.63, 3.8) is 0 Å². The first-order valence-corrected chi connectivity index (χ1v) is 10.8. The Hall–Kier alpha value is -4.18. The maximum Gasteiger partial charge on any atom is 0.407 e. The molecule has 2 aromatic heterocycles. The van der Waals surface area contributed by atoms with Crippen molar-refractivity contribution >= 4 is 34.6 Å².